The Hall–Kier alpha value is -1.21. The highest BCUT2D eigenvalue weighted by atomic mass is 32.1. The quantitative estimate of drug-likeness (QED) is 0.772. The Balaban J connectivity index is 1.73. The molecule has 1 spiro atoms. The summed E-state index contributed by atoms with van der Waals surface area (Å²) in [6.45, 7) is 3.43. The van der Waals surface area contributed by atoms with Crippen molar-refractivity contribution in [1.82, 2.24) is 20.4 Å². The zero-order valence-corrected chi connectivity index (χ0v) is 11.2. The summed E-state index contributed by atoms with van der Waals surface area (Å²) in [5, 5.41) is 11.9. The number of carbonyl (C=O) groups excluding carboxylic acids is 1. The van der Waals surface area contributed by atoms with Crippen LogP contribution in [-0.2, 0) is 4.79 Å². The van der Waals surface area contributed by atoms with E-state index in [1.165, 1.54) is 0 Å². The summed E-state index contributed by atoms with van der Waals surface area (Å²) in [5.41, 5.74) is 1.44. The van der Waals surface area contributed by atoms with Gasteiger partial charge in [0.1, 0.15) is 11.0 Å². The Morgan fingerprint density at radius 3 is 2.78 bits per heavy atom. The second-order valence-electron chi connectivity index (χ2n) is 4.92. The van der Waals surface area contributed by atoms with Crippen molar-refractivity contribution < 1.29 is 4.79 Å². The second-order valence-corrected chi connectivity index (χ2v) is 5.73. The van der Waals surface area contributed by atoms with E-state index in [0.717, 1.165) is 44.2 Å². The zero-order chi connectivity index (χ0) is 12.6. The van der Waals surface area contributed by atoms with Gasteiger partial charge in [-0.25, -0.2) is 0 Å². The summed E-state index contributed by atoms with van der Waals surface area (Å²) in [7, 11) is 2.05. The summed E-state index contributed by atoms with van der Waals surface area (Å²) in [4.78, 5) is 16.6. The van der Waals surface area contributed by atoms with Crippen LogP contribution in [0, 0.1) is 0 Å². The van der Waals surface area contributed by atoms with E-state index in [1.807, 2.05) is 0 Å². The third-order valence-corrected chi connectivity index (χ3v) is 4.85. The Labute approximate surface area is 110 Å². The second kappa shape index (κ2) is 4.47. The number of carbonyl (C=O) groups is 1. The highest BCUT2D eigenvalue weighted by Gasteiger charge is 2.46. The van der Waals surface area contributed by atoms with Crippen molar-refractivity contribution in [1.29, 1.82) is 0 Å². The van der Waals surface area contributed by atoms with E-state index in [4.69, 9.17) is 0 Å². The molecule has 0 aromatic carbocycles. The molecule has 3 rings (SSSR count). The van der Waals surface area contributed by atoms with Gasteiger partial charge in [0.15, 0.2) is 0 Å². The molecule has 1 aromatic rings. The third kappa shape index (κ3) is 1.78. The van der Waals surface area contributed by atoms with Crippen LogP contribution in [0.2, 0.25) is 0 Å². The number of amides is 1. The Morgan fingerprint density at radius 2 is 2.17 bits per heavy atom. The third-order valence-electron chi connectivity index (χ3n) is 4.10. The van der Waals surface area contributed by atoms with Crippen LogP contribution in [-0.4, -0.2) is 59.8 Å². The minimum Gasteiger partial charge on any atom is -0.353 e. The average Bonchev–Trinajstić information content (AvgIpc) is 2.91. The van der Waals surface area contributed by atoms with Gasteiger partial charge in [0.05, 0.1) is 0 Å². The van der Waals surface area contributed by atoms with Crippen molar-refractivity contribution in [3.8, 4) is 0 Å². The molecule has 2 saturated heterocycles. The number of aromatic nitrogens is 2. The number of piperidine rings is 1. The Morgan fingerprint density at radius 1 is 1.39 bits per heavy atom. The van der Waals surface area contributed by atoms with Gasteiger partial charge in [-0.1, -0.05) is 11.3 Å². The first-order chi connectivity index (χ1) is 8.72. The lowest BCUT2D eigenvalue weighted by molar-refractivity contribution is -0.137. The molecule has 0 radical (unpaired) electrons. The Kier molecular flexibility index (Phi) is 2.95. The number of hydrogen-bond acceptors (Lipinski definition) is 6. The SMILES string of the molecule is CN1CCNC(=O)C12CCN(c1nncs1)CC2. The number of rotatable bonds is 1. The van der Waals surface area contributed by atoms with E-state index in [-0.39, 0.29) is 11.4 Å². The summed E-state index contributed by atoms with van der Waals surface area (Å²) < 4.78 is 0. The minimum atomic E-state index is -0.306. The fourth-order valence-electron chi connectivity index (χ4n) is 2.87. The molecule has 1 N–H and O–H groups in total. The number of nitrogens with one attached hydrogen (secondary N) is 1. The van der Waals surface area contributed by atoms with Crippen molar-refractivity contribution in [2.45, 2.75) is 18.4 Å². The van der Waals surface area contributed by atoms with E-state index in [2.05, 4.69) is 32.4 Å². The van der Waals surface area contributed by atoms with Gasteiger partial charge in [0.2, 0.25) is 11.0 Å². The first-order valence-electron chi connectivity index (χ1n) is 6.23. The maximum Gasteiger partial charge on any atom is 0.240 e. The monoisotopic (exact) mass is 267 g/mol. The molecule has 2 fully saturated rings. The predicted molar refractivity (Wildman–Crippen MR) is 69.7 cm³/mol. The van der Waals surface area contributed by atoms with E-state index in [1.54, 1.807) is 16.8 Å². The maximum absolute atomic E-state index is 12.2. The highest BCUT2D eigenvalue weighted by molar-refractivity contribution is 7.13. The van der Waals surface area contributed by atoms with Gasteiger partial charge in [-0.05, 0) is 19.9 Å². The molecule has 2 aliphatic rings. The molecule has 98 valence electrons. The molecule has 0 aliphatic carbocycles. The van der Waals surface area contributed by atoms with Crippen molar-refractivity contribution in [2.24, 2.45) is 0 Å². The van der Waals surface area contributed by atoms with Crippen molar-refractivity contribution in [2.75, 3.05) is 38.1 Å². The van der Waals surface area contributed by atoms with E-state index in [0.29, 0.717) is 0 Å². The van der Waals surface area contributed by atoms with E-state index in [9.17, 15) is 4.79 Å². The van der Waals surface area contributed by atoms with Gasteiger partial charge < -0.3 is 10.2 Å². The Bertz CT molecular complexity index is 427. The number of anilines is 1. The highest BCUT2D eigenvalue weighted by Crippen LogP contribution is 2.32. The van der Waals surface area contributed by atoms with Crippen LogP contribution in [0.3, 0.4) is 0 Å². The van der Waals surface area contributed by atoms with Gasteiger partial charge in [-0.3, -0.25) is 9.69 Å². The first-order valence-corrected chi connectivity index (χ1v) is 7.11. The fraction of sp³-hybridized carbons (Fsp3) is 0.727. The molecule has 6 nitrogen and oxygen atoms in total. The molecule has 18 heavy (non-hydrogen) atoms. The molecular formula is C11H17N5OS. The smallest absolute Gasteiger partial charge is 0.240 e. The molecule has 3 heterocycles. The zero-order valence-electron chi connectivity index (χ0n) is 10.4. The molecule has 0 atom stereocenters. The molecule has 2 aliphatic heterocycles. The van der Waals surface area contributed by atoms with Crippen LogP contribution in [0.5, 0.6) is 0 Å². The van der Waals surface area contributed by atoms with Gasteiger partial charge in [0, 0.05) is 26.2 Å². The number of piperazine rings is 1. The summed E-state index contributed by atoms with van der Waals surface area (Å²) in [6.07, 6.45) is 1.71. The molecule has 0 bridgehead atoms. The van der Waals surface area contributed by atoms with Crippen LogP contribution in [0.1, 0.15) is 12.8 Å². The molecule has 7 heteroatoms. The topological polar surface area (TPSA) is 61.4 Å². The summed E-state index contributed by atoms with van der Waals surface area (Å²) in [6, 6.07) is 0. The van der Waals surface area contributed by atoms with Crippen molar-refractivity contribution in [3.05, 3.63) is 5.51 Å². The molecule has 1 aromatic heterocycles. The lowest BCUT2D eigenvalue weighted by atomic mass is 9.84. The fourth-order valence-corrected chi connectivity index (χ4v) is 3.49. The van der Waals surface area contributed by atoms with Crippen LogP contribution in [0.25, 0.3) is 0 Å². The molecule has 0 unspecified atom stereocenters. The number of hydrogen-bond donors (Lipinski definition) is 1. The number of nitrogens with zero attached hydrogens (tertiary/aromatic N) is 4. The van der Waals surface area contributed by atoms with E-state index < -0.39 is 0 Å². The minimum absolute atomic E-state index is 0.188. The first kappa shape index (κ1) is 11.9. The molecular weight excluding hydrogens is 250 g/mol. The lowest BCUT2D eigenvalue weighted by Gasteiger charge is -2.48. The maximum atomic E-state index is 12.2. The van der Waals surface area contributed by atoms with Gasteiger partial charge in [0.25, 0.3) is 0 Å². The normalized spacial score (nSPS) is 24.3. The average molecular weight is 267 g/mol. The number of likely N-dealkylation sites (N-methyl/N-ethyl adjacent to an activating group) is 1. The van der Waals surface area contributed by atoms with Crippen LogP contribution in [0.4, 0.5) is 5.13 Å². The van der Waals surface area contributed by atoms with Gasteiger partial charge in [-0.15, -0.1) is 10.2 Å². The summed E-state index contributed by atoms with van der Waals surface area (Å²) in [5.74, 6) is 0.188. The van der Waals surface area contributed by atoms with Gasteiger partial charge in [-0.2, -0.15) is 0 Å². The predicted octanol–water partition coefficient (Wildman–Crippen LogP) is -0.0613. The molecule has 1 amide bonds. The molecule has 0 saturated carbocycles. The van der Waals surface area contributed by atoms with Crippen LogP contribution >= 0.6 is 11.3 Å². The van der Waals surface area contributed by atoms with Crippen LogP contribution in [0.15, 0.2) is 5.51 Å². The largest absolute Gasteiger partial charge is 0.353 e. The van der Waals surface area contributed by atoms with Crippen LogP contribution < -0.4 is 10.2 Å². The standard InChI is InChI=1S/C11H17N5OS/c1-15-7-4-12-9(17)11(15)2-5-16(6-3-11)10-14-13-8-18-10/h8H,2-7H2,1H3,(H,12,17). The van der Waals surface area contributed by atoms with Crippen molar-refractivity contribution in [3.63, 3.8) is 0 Å². The lowest BCUT2D eigenvalue weighted by Crippen LogP contribution is -2.66. The van der Waals surface area contributed by atoms with Gasteiger partial charge >= 0.3 is 0 Å². The van der Waals surface area contributed by atoms with E-state index >= 15 is 0 Å². The summed E-state index contributed by atoms with van der Waals surface area (Å²) >= 11 is 1.56. The van der Waals surface area contributed by atoms with Crippen molar-refractivity contribution >= 4 is 22.4 Å².